The maximum absolute atomic E-state index is 12.6. The third kappa shape index (κ3) is 4.45. The maximum Gasteiger partial charge on any atom is 0.322 e. The fraction of sp³-hybridized carbons (Fsp3) is 0.348. The van der Waals surface area contributed by atoms with Gasteiger partial charge < -0.3 is 19.6 Å². The Morgan fingerprint density at radius 1 is 1.00 bits per heavy atom. The van der Waals surface area contributed by atoms with E-state index in [9.17, 15) is 4.79 Å². The van der Waals surface area contributed by atoms with Crippen LogP contribution >= 0.6 is 0 Å². The predicted molar refractivity (Wildman–Crippen MR) is 117 cm³/mol. The van der Waals surface area contributed by atoms with Crippen LogP contribution in [0.3, 0.4) is 0 Å². The first kappa shape index (κ1) is 19.7. The number of carbonyl (C=O) groups excluding carboxylic acids is 1. The fourth-order valence-corrected chi connectivity index (χ4v) is 4.02. The van der Waals surface area contributed by atoms with E-state index in [-0.39, 0.29) is 6.03 Å². The van der Waals surface area contributed by atoms with E-state index < -0.39 is 0 Å². The minimum atomic E-state index is -0.0991. The number of urea groups is 1. The summed E-state index contributed by atoms with van der Waals surface area (Å²) in [6.45, 7) is 6.07. The van der Waals surface area contributed by atoms with E-state index in [0.717, 1.165) is 37.4 Å². The number of piperazine rings is 1. The summed E-state index contributed by atoms with van der Waals surface area (Å²) in [6.07, 6.45) is 0. The van der Waals surface area contributed by atoms with Gasteiger partial charge in [0.15, 0.2) is 0 Å². The summed E-state index contributed by atoms with van der Waals surface area (Å²) in [5.74, 6) is 1.20. The second-order valence-electron chi connectivity index (χ2n) is 8.22. The zero-order valence-corrected chi connectivity index (χ0v) is 17.6. The number of carbonyl (C=O) groups is 1. The molecule has 2 aliphatic rings. The van der Waals surface area contributed by atoms with Crippen molar-refractivity contribution in [2.24, 2.45) is 0 Å². The summed E-state index contributed by atoms with van der Waals surface area (Å²) in [5, 5.41) is 7.10. The lowest BCUT2D eigenvalue weighted by Gasteiger charge is -2.31. The molecule has 1 aromatic heterocycles. The third-order valence-electron chi connectivity index (χ3n) is 5.95. The molecular weight excluding hydrogens is 392 g/mol. The summed E-state index contributed by atoms with van der Waals surface area (Å²) in [4.78, 5) is 23.6. The third-order valence-corrected chi connectivity index (χ3v) is 5.95. The zero-order chi connectivity index (χ0) is 21.2. The van der Waals surface area contributed by atoms with Crippen LogP contribution in [0.1, 0.15) is 17.0 Å². The smallest absolute Gasteiger partial charge is 0.322 e. The number of rotatable bonds is 4. The topological polar surface area (TPSA) is 77.7 Å². The van der Waals surface area contributed by atoms with Crippen LogP contribution in [-0.4, -0.2) is 64.1 Å². The van der Waals surface area contributed by atoms with Crippen molar-refractivity contribution in [2.75, 3.05) is 38.5 Å². The number of hydrogen-bond donors (Lipinski definition) is 1. The van der Waals surface area contributed by atoms with Crippen molar-refractivity contribution in [3.63, 3.8) is 0 Å². The molecule has 5 rings (SSSR count). The number of benzene rings is 2. The molecule has 0 atom stereocenters. The van der Waals surface area contributed by atoms with E-state index in [2.05, 4.69) is 44.4 Å². The van der Waals surface area contributed by atoms with Gasteiger partial charge in [0.05, 0.1) is 6.54 Å². The van der Waals surface area contributed by atoms with Crippen LogP contribution in [0.2, 0.25) is 0 Å². The molecule has 2 aliphatic heterocycles. The maximum atomic E-state index is 12.6. The van der Waals surface area contributed by atoms with Gasteiger partial charge in [0.1, 0.15) is 0 Å². The second kappa shape index (κ2) is 8.49. The van der Waals surface area contributed by atoms with Crippen molar-refractivity contribution in [1.29, 1.82) is 0 Å². The van der Waals surface area contributed by atoms with E-state index in [1.54, 1.807) is 0 Å². The van der Waals surface area contributed by atoms with Gasteiger partial charge in [0.25, 0.3) is 0 Å². The molecule has 2 amide bonds. The van der Waals surface area contributed by atoms with Crippen LogP contribution < -0.4 is 5.32 Å². The minimum absolute atomic E-state index is 0.0991. The lowest BCUT2D eigenvalue weighted by atomic mass is 10.1. The summed E-state index contributed by atoms with van der Waals surface area (Å²) in [6, 6.07) is 15.6. The summed E-state index contributed by atoms with van der Waals surface area (Å²) in [7, 11) is 2.14. The lowest BCUT2D eigenvalue weighted by molar-refractivity contribution is 0.135. The Bertz CT molecular complexity index is 1030. The molecule has 8 nitrogen and oxygen atoms in total. The molecule has 1 fully saturated rings. The van der Waals surface area contributed by atoms with Gasteiger partial charge in [-0.15, -0.1) is 0 Å². The summed E-state index contributed by atoms with van der Waals surface area (Å²) in [5.41, 5.74) is 4.01. The van der Waals surface area contributed by atoms with Gasteiger partial charge in [-0.05, 0) is 42.4 Å². The number of amides is 2. The highest BCUT2D eigenvalue weighted by Crippen LogP contribution is 2.24. The Labute approximate surface area is 181 Å². The second-order valence-corrected chi connectivity index (χ2v) is 8.22. The molecule has 0 unspecified atom stereocenters. The Morgan fingerprint density at radius 3 is 2.35 bits per heavy atom. The average molecular weight is 419 g/mol. The van der Waals surface area contributed by atoms with Gasteiger partial charge >= 0.3 is 6.03 Å². The van der Waals surface area contributed by atoms with Crippen molar-refractivity contribution in [3.8, 4) is 11.4 Å². The van der Waals surface area contributed by atoms with Crippen LogP contribution in [0.15, 0.2) is 53.1 Å². The SMILES string of the molecule is CN1CCN(Cc2nc(-c3ccc(NC(=O)N4Cc5ccccc5C4)cc3)no2)CC1. The van der Waals surface area contributed by atoms with E-state index in [1.165, 1.54) is 11.1 Å². The Hall–Kier alpha value is -3.23. The van der Waals surface area contributed by atoms with Gasteiger partial charge in [0, 0.05) is 50.5 Å². The van der Waals surface area contributed by atoms with E-state index in [1.807, 2.05) is 41.3 Å². The molecule has 2 aromatic carbocycles. The molecular formula is C23H26N6O2. The van der Waals surface area contributed by atoms with Gasteiger partial charge in [-0.3, -0.25) is 4.90 Å². The van der Waals surface area contributed by atoms with E-state index in [0.29, 0.717) is 31.3 Å². The number of hydrogen-bond acceptors (Lipinski definition) is 6. The number of nitrogens with one attached hydrogen (secondary N) is 1. The molecule has 0 bridgehead atoms. The number of fused-ring (bicyclic) bond motifs is 1. The molecule has 0 saturated carbocycles. The molecule has 31 heavy (non-hydrogen) atoms. The van der Waals surface area contributed by atoms with E-state index >= 15 is 0 Å². The van der Waals surface area contributed by atoms with Crippen molar-refractivity contribution in [3.05, 3.63) is 65.5 Å². The molecule has 0 aliphatic carbocycles. The average Bonchev–Trinajstić information content (AvgIpc) is 3.43. The first-order valence-electron chi connectivity index (χ1n) is 10.6. The number of nitrogens with zero attached hydrogens (tertiary/aromatic N) is 5. The summed E-state index contributed by atoms with van der Waals surface area (Å²) < 4.78 is 5.45. The Kier molecular flexibility index (Phi) is 5.40. The van der Waals surface area contributed by atoms with Crippen LogP contribution in [0.25, 0.3) is 11.4 Å². The monoisotopic (exact) mass is 418 g/mol. The number of likely N-dealkylation sites (N-methyl/N-ethyl adjacent to an activating group) is 1. The molecule has 3 aromatic rings. The van der Waals surface area contributed by atoms with Crippen LogP contribution in [-0.2, 0) is 19.6 Å². The van der Waals surface area contributed by atoms with Gasteiger partial charge in [-0.1, -0.05) is 29.4 Å². The first-order chi connectivity index (χ1) is 15.1. The van der Waals surface area contributed by atoms with Crippen molar-refractivity contribution in [1.82, 2.24) is 24.8 Å². The largest absolute Gasteiger partial charge is 0.338 e. The zero-order valence-electron chi connectivity index (χ0n) is 17.6. The van der Waals surface area contributed by atoms with Crippen molar-refractivity contribution >= 4 is 11.7 Å². The van der Waals surface area contributed by atoms with Crippen LogP contribution in [0, 0.1) is 0 Å². The first-order valence-corrected chi connectivity index (χ1v) is 10.6. The summed E-state index contributed by atoms with van der Waals surface area (Å²) >= 11 is 0. The van der Waals surface area contributed by atoms with Gasteiger partial charge in [0.2, 0.25) is 11.7 Å². The molecule has 1 N–H and O–H groups in total. The molecule has 8 heteroatoms. The normalized spacial score (nSPS) is 17.0. The number of aromatic nitrogens is 2. The lowest BCUT2D eigenvalue weighted by Crippen LogP contribution is -2.43. The highest BCUT2D eigenvalue weighted by Gasteiger charge is 2.23. The van der Waals surface area contributed by atoms with Crippen molar-refractivity contribution < 1.29 is 9.32 Å². The fourth-order valence-electron chi connectivity index (χ4n) is 4.02. The van der Waals surface area contributed by atoms with Gasteiger partial charge in [-0.25, -0.2) is 4.79 Å². The number of anilines is 1. The standard InChI is InChI=1S/C23H26N6O2/c1-27-10-12-28(13-11-27)16-21-25-22(26-31-21)17-6-8-20(9-7-17)24-23(30)29-14-18-4-2-3-5-19(18)15-29/h2-9H,10-16H2,1H3,(H,24,30). The van der Waals surface area contributed by atoms with E-state index in [4.69, 9.17) is 4.52 Å². The Balaban J connectivity index is 1.18. The highest BCUT2D eigenvalue weighted by molar-refractivity contribution is 5.90. The van der Waals surface area contributed by atoms with Crippen molar-refractivity contribution in [2.45, 2.75) is 19.6 Å². The molecule has 1 saturated heterocycles. The molecule has 0 radical (unpaired) electrons. The predicted octanol–water partition coefficient (Wildman–Crippen LogP) is 3.03. The van der Waals surface area contributed by atoms with Gasteiger partial charge in [-0.2, -0.15) is 4.98 Å². The molecule has 160 valence electrons. The quantitative estimate of drug-likeness (QED) is 0.702. The van der Waals surface area contributed by atoms with Crippen LogP contribution in [0.5, 0.6) is 0 Å². The Morgan fingerprint density at radius 2 is 1.68 bits per heavy atom. The highest BCUT2D eigenvalue weighted by atomic mass is 16.5. The minimum Gasteiger partial charge on any atom is -0.338 e. The molecule has 0 spiro atoms. The molecule has 3 heterocycles. The van der Waals surface area contributed by atoms with Crippen LogP contribution in [0.4, 0.5) is 10.5 Å².